The minimum absolute atomic E-state index is 0.657. The van der Waals surface area contributed by atoms with Crippen molar-refractivity contribution in [3.63, 3.8) is 0 Å². The minimum atomic E-state index is -4.90. The molecule has 0 aromatic rings. The largest absolute Gasteiger partial charge is 0.469 e. The Labute approximate surface area is 208 Å². The van der Waals surface area contributed by atoms with Crippen molar-refractivity contribution in [3.05, 3.63) is 0 Å². The van der Waals surface area contributed by atoms with Gasteiger partial charge in [0.2, 0.25) is 0 Å². The first-order valence-corrected chi connectivity index (χ1v) is 10.3. The SMILES string of the molecule is C#CC#CC#CC#CC#CC#CC#CC(=O)OC[C@H](COP(=O)(O)O)OC(=O)C#CC#CC#CC#C. The fourth-order valence-electron chi connectivity index (χ4n) is 1.29. The van der Waals surface area contributed by atoms with Gasteiger partial charge in [-0.05, 0) is 107 Å². The van der Waals surface area contributed by atoms with Crippen molar-refractivity contribution < 1.29 is 37.9 Å². The smallest absolute Gasteiger partial charge is 0.452 e. The third-order valence-corrected chi connectivity index (χ3v) is 2.94. The summed E-state index contributed by atoms with van der Waals surface area (Å²) < 4.78 is 24.7. The Morgan fingerprint density at radius 1 is 0.639 bits per heavy atom. The highest BCUT2D eigenvalue weighted by atomic mass is 31.2. The molecule has 8 nitrogen and oxygen atoms in total. The number of carbonyl (C=O) groups excluding carboxylic acids is 2. The van der Waals surface area contributed by atoms with Crippen molar-refractivity contribution in [3.8, 4) is 131 Å². The molecule has 36 heavy (non-hydrogen) atoms. The van der Waals surface area contributed by atoms with E-state index in [1.807, 2.05) is 17.8 Å². The number of phosphoric ester groups is 1. The van der Waals surface area contributed by atoms with Gasteiger partial charge < -0.3 is 19.3 Å². The summed E-state index contributed by atoms with van der Waals surface area (Å²) in [6.07, 6.45) is 8.37. The molecule has 0 aliphatic rings. The van der Waals surface area contributed by atoms with Gasteiger partial charge in [-0.15, -0.1) is 12.8 Å². The molecule has 0 amide bonds. The van der Waals surface area contributed by atoms with Gasteiger partial charge in [0.05, 0.1) is 6.61 Å². The van der Waals surface area contributed by atoms with Gasteiger partial charge in [-0.2, -0.15) is 0 Å². The van der Waals surface area contributed by atoms with Crippen LogP contribution in [0, 0.1) is 131 Å². The van der Waals surface area contributed by atoms with Crippen molar-refractivity contribution in [2.45, 2.75) is 6.10 Å². The predicted molar refractivity (Wildman–Crippen MR) is 126 cm³/mol. The van der Waals surface area contributed by atoms with Crippen molar-refractivity contribution in [1.29, 1.82) is 0 Å². The second-order valence-electron chi connectivity index (χ2n) is 4.95. The van der Waals surface area contributed by atoms with E-state index in [0.29, 0.717) is 0 Å². The van der Waals surface area contributed by atoms with Gasteiger partial charge in [0.1, 0.15) is 6.61 Å². The second kappa shape index (κ2) is 19.9. The van der Waals surface area contributed by atoms with E-state index >= 15 is 0 Å². The Balaban J connectivity index is 4.95. The average Bonchev–Trinajstić information content (AvgIpc) is 2.83. The second-order valence-corrected chi connectivity index (χ2v) is 6.19. The van der Waals surface area contributed by atoms with Crippen LogP contribution in [0.5, 0.6) is 0 Å². The predicted octanol–water partition coefficient (Wildman–Crippen LogP) is -1.15. The summed E-state index contributed by atoms with van der Waals surface area (Å²) in [4.78, 5) is 40.9. The molecule has 0 saturated carbocycles. The highest BCUT2D eigenvalue weighted by molar-refractivity contribution is 7.46. The molecule has 0 aliphatic carbocycles. The number of carbonyl (C=O) groups is 2. The van der Waals surface area contributed by atoms with E-state index in [1.54, 1.807) is 0 Å². The van der Waals surface area contributed by atoms with Crippen LogP contribution in [-0.4, -0.2) is 41.0 Å². The molecule has 0 bridgehead atoms. The first kappa shape index (κ1) is 30.2. The van der Waals surface area contributed by atoms with Crippen LogP contribution in [0.4, 0.5) is 0 Å². The van der Waals surface area contributed by atoms with E-state index in [9.17, 15) is 14.2 Å². The standard InChI is InChI=1S/C27H9O8P/c1-3-5-7-9-11-12-13-14-15-16-18-19-21-26(28)33-23-25(24-34-36(30,31)32)35-27(29)22-20-17-10-8-6-4-2/h1-2,25H,23-24H2,(H2,30,31,32)/t25-/m1/s1. The van der Waals surface area contributed by atoms with Crippen molar-refractivity contribution in [1.82, 2.24) is 0 Å². The van der Waals surface area contributed by atoms with Crippen LogP contribution in [0.25, 0.3) is 0 Å². The van der Waals surface area contributed by atoms with Crippen molar-refractivity contribution in [2.75, 3.05) is 13.2 Å². The van der Waals surface area contributed by atoms with E-state index in [0.717, 1.165) is 0 Å². The van der Waals surface area contributed by atoms with Gasteiger partial charge in [-0.1, -0.05) is 0 Å². The molecular formula is C27H9O8P. The van der Waals surface area contributed by atoms with Crippen LogP contribution in [0.3, 0.4) is 0 Å². The zero-order valence-electron chi connectivity index (χ0n) is 17.9. The van der Waals surface area contributed by atoms with Gasteiger partial charge in [0.15, 0.2) is 6.10 Å². The molecule has 0 saturated heterocycles. The van der Waals surface area contributed by atoms with Crippen LogP contribution >= 0.6 is 7.82 Å². The Hall–Kier alpha value is -5.79. The van der Waals surface area contributed by atoms with E-state index in [4.69, 9.17) is 32.1 Å². The lowest BCUT2D eigenvalue weighted by Crippen LogP contribution is -2.28. The van der Waals surface area contributed by atoms with Crippen LogP contribution in [-0.2, 0) is 28.2 Å². The molecular weight excluding hydrogens is 483 g/mol. The molecule has 0 heterocycles. The topological polar surface area (TPSA) is 119 Å². The molecule has 2 N–H and O–H groups in total. The number of rotatable bonds is 6. The molecule has 0 aliphatic heterocycles. The fraction of sp³-hybridized carbons (Fsp3) is 0.111. The molecule has 0 fully saturated rings. The molecule has 170 valence electrons. The summed E-state index contributed by atoms with van der Waals surface area (Å²) in [6.45, 7) is -1.47. The maximum absolute atomic E-state index is 11.7. The molecule has 0 spiro atoms. The summed E-state index contributed by atoms with van der Waals surface area (Å²) in [5.74, 6) is 42.4. The van der Waals surface area contributed by atoms with E-state index in [-0.39, 0.29) is 0 Å². The third-order valence-electron chi connectivity index (χ3n) is 2.45. The summed E-state index contributed by atoms with van der Waals surface area (Å²) in [5, 5.41) is 0. The molecule has 0 aromatic heterocycles. The third kappa shape index (κ3) is 21.4. The highest BCUT2D eigenvalue weighted by Crippen LogP contribution is 2.35. The lowest BCUT2D eigenvalue weighted by molar-refractivity contribution is -0.153. The highest BCUT2D eigenvalue weighted by Gasteiger charge is 2.22. The number of hydrogen-bond acceptors (Lipinski definition) is 6. The Kier molecular flexibility index (Phi) is 16.7. The number of phosphoric acid groups is 1. The zero-order chi connectivity index (χ0) is 26.9. The molecule has 1 atom stereocenters. The maximum atomic E-state index is 11.7. The number of ether oxygens (including phenoxy) is 2. The molecule has 0 rings (SSSR count). The van der Waals surface area contributed by atoms with Crippen LogP contribution in [0.2, 0.25) is 0 Å². The average molecular weight is 492 g/mol. The number of esters is 2. The van der Waals surface area contributed by atoms with Crippen LogP contribution in [0.15, 0.2) is 0 Å². The summed E-state index contributed by atoms with van der Waals surface area (Å²) >= 11 is 0. The van der Waals surface area contributed by atoms with Gasteiger partial charge in [-0.3, -0.25) is 4.52 Å². The minimum Gasteiger partial charge on any atom is -0.452 e. The maximum Gasteiger partial charge on any atom is 0.469 e. The quantitative estimate of drug-likeness (QED) is 0.207. The lowest BCUT2D eigenvalue weighted by atomic mass is 10.4. The summed E-state index contributed by atoms with van der Waals surface area (Å²) in [7, 11) is -4.90. The monoisotopic (exact) mass is 492 g/mol. The first-order chi connectivity index (χ1) is 17.3. The number of terminal acetylenes is 2. The Morgan fingerprint density at radius 3 is 1.44 bits per heavy atom. The van der Waals surface area contributed by atoms with Gasteiger partial charge in [0, 0.05) is 11.8 Å². The van der Waals surface area contributed by atoms with E-state index in [1.165, 1.54) is 0 Å². The summed E-state index contributed by atoms with van der Waals surface area (Å²) in [5.41, 5.74) is 0. The van der Waals surface area contributed by atoms with Crippen LogP contribution in [0.1, 0.15) is 0 Å². The zero-order valence-corrected chi connectivity index (χ0v) is 18.8. The fourth-order valence-corrected chi connectivity index (χ4v) is 1.65. The molecule has 0 unspecified atom stereocenters. The van der Waals surface area contributed by atoms with Gasteiger partial charge in [-0.25, -0.2) is 14.2 Å². The first-order valence-electron chi connectivity index (χ1n) is 8.79. The lowest BCUT2D eigenvalue weighted by Gasteiger charge is -2.16. The Bertz CT molecular complexity index is 1570. The Morgan fingerprint density at radius 2 is 1.03 bits per heavy atom. The number of hydrogen-bond donors (Lipinski definition) is 2. The van der Waals surface area contributed by atoms with Crippen LogP contribution < -0.4 is 0 Å². The van der Waals surface area contributed by atoms with E-state index < -0.39 is 39.1 Å². The van der Waals surface area contributed by atoms with Gasteiger partial charge in [0.25, 0.3) is 0 Å². The van der Waals surface area contributed by atoms with Crippen molar-refractivity contribution in [2.24, 2.45) is 0 Å². The van der Waals surface area contributed by atoms with Crippen molar-refractivity contribution >= 4 is 19.8 Å². The summed E-state index contributed by atoms with van der Waals surface area (Å²) in [6, 6.07) is 0. The molecule has 9 heteroatoms. The normalized spacial score (nSPS) is 7.89. The van der Waals surface area contributed by atoms with E-state index in [2.05, 4.69) is 105 Å². The van der Waals surface area contributed by atoms with Gasteiger partial charge >= 0.3 is 19.8 Å². The molecule has 0 radical (unpaired) electrons. The molecule has 0 aromatic carbocycles.